The van der Waals surface area contributed by atoms with Crippen molar-refractivity contribution in [3.63, 3.8) is 0 Å². The zero-order chi connectivity index (χ0) is 26.5. The van der Waals surface area contributed by atoms with Gasteiger partial charge in [0.15, 0.2) is 0 Å². The van der Waals surface area contributed by atoms with Gasteiger partial charge < -0.3 is 14.4 Å². The summed E-state index contributed by atoms with van der Waals surface area (Å²) in [6.07, 6.45) is -0.129. The fourth-order valence-corrected chi connectivity index (χ4v) is 6.06. The first-order valence-corrected chi connectivity index (χ1v) is 14.1. The molecule has 0 radical (unpaired) electrons. The summed E-state index contributed by atoms with van der Waals surface area (Å²) in [4.78, 5) is 26.9. The monoisotopic (exact) mass is 556 g/mol. The van der Waals surface area contributed by atoms with Gasteiger partial charge >= 0.3 is 5.97 Å². The Morgan fingerprint density at radius 1 is 1.11 bits per heavy atom. The fraction of sp³-hybridized carbons (Fsp3) is 0.440. The molecule has 0 spiro atoms. The molecule has 1 heterocycles. The van der Waals surface area contributed by atoms with Gasteiger partial charge in [0.2, 0.25) is 5.91 Å². The van der Waals surface area contributed by atoms with Crippen molar-refractivity contribution in [3.05, 3.63) is 53.6 Å². The number of hydrogen-bond donors (Lipinski definition) is 0. The standard InChI is InChI=1S/C25H30Cl2N2O6S/c1-4-12-28(23(30)15-26)21-11-13-29(36(32,33)19-8-5-17(2)6-9-19)22-14-18(34-3)7-10-20(22)25(21)35-24(31)16-27/h5-10,14,21,25H,4,11-13,15-16H2,1-3H3/t21-,25-/m0/s1. The van der Waals surface area contributed by atoms with E-state index in [1.165, 1.54) is 11.4 Å². The van der Waals surface area contributed by atoms with Crippen LogP contribution < -0.4 is 9.04 Å². The first kappa shape index (κ1) is 28.1. The Hall–Kier alpha value is -2.49. The van der Waals surface area contributed by atoms with E-state index in [9.17, 15) is 18.0 Å². The molecule has 196 valence electrons. The van der Waals surface area contributed by atoms with Gasteiger partial charge in [-0.2, -0.15) is 0 Å². The summed E-state index contributed by atoms with van der Waals surface area (Å²) in [7, 11) is -2.52. The van der Waals surface area contributed by atoms with Crippen LogP contribution in [0.2, 0.25) is 0 Å². The highest BCUT2D eigenvalue weighted by Crippen LogP contribution is 2.42. The van der Waals surface area contributed by atoms with E-state index in [-0.39, 0.29) is 29.6 Å². The molecule has 11 heteroatoms. The molecule has 0 saturated carbocycles. The average molecular weight is 557 g/mol. The van der Waals surface area contributed by atoms with Crippen LogP contribution in [-0.4, -0.2) is 63.2 Å². The van der Waals surface area contributed by atoms with Gasteiger partial charge in [0, 0.05) is 24.7 Å². The Morgan fingerprint density at radius 2 is 1.81 bits per heavy atom. The molecule has 0 aromatic heterocycles. The maximum Gasteiger partial charge on any atom is 0.321 e. The number of rotatable bonds is 9. The van der Waals surface area contributed by atoms with Gasteiger partial charge in [-0.15, -0.1) is 23.2 Å². The number of fused-ring (bicyclic) bond motifs is 1. The van der Waals surface area contributed by atoms with E-state index in [0.717, 1.165) is 5.56 Å². The summed E-state index contributed by atoms with van der Waals surface area (Å²) in [5, 5.41) is 0. The van der Waals surface area contributed by atoms with Gasteiger partial charge in [0.25, 0.3) is 10.0 Å². The minimum absolute atomic E-state index is 0.0335. The Bertz CT molecular complexity index is 1190. The van der Waals surface area contributed by atoms with Gasteiger partial charge in [0.1, 0.15) is 23.6 Å². The second kappa shape index (κ2) is 12.2. The first-order valence-electron chi connectivity index (χ1n) is 11.6. The molecule has 1 aliphatic rings. The molecule has 3 rings (SSSR count). The molecule has 36 heavy (non-hydrogen) atoms. The second-order valence-corrected chi connectivity index (χ2v) is 10.8. The molecule has 0 N–H and O–H groups in total. The lowest BCUT2D eigenvalue weighted by Crippen LogP contribution is -2.46. The maximum atomic E-state index is 13.8. The predicted octanol–water partition coefficient (Wildman–Crippen LogP) is 4.27. The lowest BCUT2D eigenvalue weighted by Gasteiger charge is -2.35. The number of benzene rings is 2. The maximum absolute atomic E-state index is 13.8. The van der Waals surface area contributed by atoms with Gasteiger partial charge in [-0.1, -0.05) is 24.6 Å². The van der Waals surface area contributed by atoms with Crippen molar-refractivity contribution < 1.29 is 27.5 Å². The number of sulfonamides is 1. The Kier molecular flexibility index (Phi) is 9.49. The van der Waals surface area contributed by atoms with E-state index >= 15 is 0 Å². The van der Waals surface area contributed by atoms with E-state index in [1.807, 2.05) is 13.8 Å². The Balaban J connectivity index is 2.23. The highest BCUT2D eigenvalue weighted by molar-refractivity contribution is 7.92. The van der Waals surface area contributed by atoms with Crippen molar-refractivity contribution in [3.8, 4) is 5.75 Å². The number of anilines is 1. The number of hydrogen-bond acceptors (Lipinski definition) is 6. The van der Waals surface area contributed by atoms with Crippen molar-refractivity contribution in [1.29, 1.82) is 0 Å². The van der Waals surface area contributed by atoms with Gasteiger partial charge in [0.05, 0.1) is 23.7 Å². The van der Waals surface area contributed by atoms with Gasteiger partial charge in [-0.25, -0.2) is 8.42 Å². The van der Waals surface area contributed by atoms with Crippen molar-refractivity contribution in [1.82, 2.24) is 4.90 Å². The van der Waals surface area contributed by atoms with E-state index in [2.05, 4.69) is 0 Å². The highest BCUT2D eigenvalue weighted by atomic mass is 35.5. The van der Waals surface area contributed by atoms with Gasteiger partial charge in [-0.3, -0.25) is 13.9 Å². The Morgan fingerprint density at radius 3 is 2.39 bits per heavy atom. The van der Waals surface area contributed by atoms with E-state index < -0.39 is 34.0 Å². The van der Waals surface area contributed by atoms with Crippen molar-refractivity contribution >= 4 is 50.8 Å². The van der Waals surface area contributed by atoms with Crippen LogP contribution >= 0.6 is 23.2 Å². The van der Waals surface area contributed by atoms with Gasteiger partial charge in [-0.05, 0) is 44.0 Å². The van der Waals surface area contributed by atoms with E-state index in [1.54, 1.807) is 47.4 Å². The zero-order valence-corrected chi connectivity index (χ0v) is 22.8. The van der Waals surface area contributed by atoms with Crippen molar-refractivity contribution in [2.75, 3.05) is 36.3 Å². The third kappa shape index (κ3) is 5.90. The fourth-order valence-electron chi connectivity index (χ4n) is 4.35. The van der Waals surface area contributed by atoms with Crippen LogP contribution in [0.5, 0.6) is 5.75 Å². The van der Waals surface area contributed by atoms with Crippen LogP contribution in [-0.2, 0) is 24.3 Å². The van der Waals surface area contributed by atoms with E-state index in [0.29, 0.717) is 30.0 Å². The molecule has 0 saturated heterocycles. The summed E-state index contributed by atoms with van der Waals surface area (Å²) in [5.41, 5.74) is 1.66. The number of amides is 1. The first-order chi connectivity index (χ1) is 17.2. The van der Waals surface area contributed by atoms with Crippen LogP contribution in [0, 0.1) is 6.92 Å². The van der Waals surface area contributed by atoms with Crippen LogP contribution in [0.25, 0.3) is 0 Å². The molecule has 1 amide bonds. The topological polar surface area (TPSA) is 93.2 Å². The number of ether oxygens (including phenoxy) is 2. The number of carbonyl (C=O) groups is 2. The summed E-state index contributed by atoms with van der Waals surface area (Å²) >= 11 is 11.7. The normalized spacial score (nSPS) is 17.6. The minimum Gasteiger partial charge on any atom is -0.497 e. The summed E-state index contributed by atoms with van der Waals surface area (Å²) < 4.78 is 40.1. The number of carbonyl (C=O) groups excluding carboxylic acids is 2. The highest BCUT2D eigenvalue weighted by Gasteiger charge is 2.41. The number of aryl methyl sites for hydroxylation is 1. The summed E-state index contributed by atoms with van der Waals surface area (Å²) in [6, 6.07) is 10.8. The SMILES string of the molecule is CCCN(C(=O)CCl)[C@H]1CCN(S(=O)(=O)c2ccc(C)cc2)c2cc(OC)ccc2[C@@H]1OC(=O)CCl. The third-order valence-corrected chi connectivity index (χ3v) is 8.34. The molecule has 2 atom stereocenters. The van der Waals surface area contributed by atoms with Crippen LogP contribution in [0.3, 0.4) is 0 Å². The molecular weight excluding hydrogens is 527 g/mol. The van der Waals surface area contributed by atoms with Crippen molar-refractivity contribution in [2.45, 2.75) is 43.7 Å². The smallest absolute Gasteiger partial charge is 0.321 e. The number of alkyl halides is 2. The van der Waals surface area contributed by atoms with Crippen molar-refractivity contribution in [2.24, 2.45) is 0 Å². The third-order valence-electron chi connectivity index (χ3n) is 6.07. The predicted molar refractivity (Wildman–Crippen MR) is 139 cm³/mol. The molecule has 2 aromatic carbocycles. The molecule has 2 aromatic rings. The van der Waals surface area contributed by atoms with E-state index in [4.69, 9.17) is 32.7 Å². The number of methoxy groups -OCH3 is 1. The summed E-state index contributed by atoms with van der Waals surface area (Å²) in [5.74, 6) is -1.23. The van der Waals surface area contributed by atoms with Crippen LogP contribution in [0.15, 0.2) is 47.4 Å². The average Bonchev–Trinajstić information content (AvgIpc) is 3.03. The number of halogens is 2. The quantitative estimate of drug-likeness (QED) is 0.338. The zero-order valence-electron chi connectivity index (χ0n) is 20.4. The number of nitrogens with zero attached hydrogens (tertiary/aromatic N) is 2. The molecule has 0 fully saturated rings. The molecule has 1 aliphatic heterocycles. The van der Waals surface area contributed by atoms with Crippen LogP contribution in [0.1, 0.15) is 37.0 Å². The molecule has 0 unspecified atom stereocenters. The second-order valence-electron chi connectivity index (χ2n) is 8.44. The molecule has 0 aliphatic carbocycles. The lowest BCUT2D eigenvalue weighted by atomic mass is 9.97. The molecular formula is C25H30Cl2N2O6S. The number of esters is 1. The molecule has 8 nitrogen and oxygen atoms in total. The molecule has 0 bridgehead atoms. The van der Waals surface area contributed by atoms with Crippen LogP contribution in [0.4, 0.5) is 5.69 Å². The Labute approximate surface area is 222 Å². The minimum atomic E-state index is -4.00. The lowest BCUT2D eigenvalue weighted by molar-refractivity contribution is -0.153. The summed E-state index contributed by atoms with van der Waals surface area (Å²) in [6.45, 7) is 4.18. The largest absolute Gasteiger partial charge is 0.497 e.